The molecule has 0 saturated carbocycles. The minimum Gasteiger partial charge on any atom is -0.477 e. The Hall–Kier alpha value is -2.19. The number of nitrogens with zero attached hydrogens (tertiary/aromatic N) is 3. The zero-order chi connectivity index (χ0) is 14.7. The lowest BCUT2D eigenvalue weighted by Gasteiger charge is -1.99. The van der Waals surface area contributed by atoms with E-state index < -0.39 is 5.97 Å². The molecule has 3 rings (SSSR count). The Bertz CT molecular complexity index is 756. The van der Waals surface area contributed by atoms with Crippen molar-refractivity contribution in [2.45, 2.75) is 10.6 Å². The maximum atomic E-state index is 10.9. The van der Waals surface area contributed by atoms with Crippen LogP contribution < -0.4 is 0 Å². The topological polar surface area (TPSA) is 89.1 Å². The lowest BCUT2D eigenvalue weighted by atomic mass is 10.3. The minimum absolute atomic E-state index is 0.0204. The third-order valence-corrected chi connectivity index (χ3v) is 4.23. The maximum absolute atomic E-state index is 10.9. The second-order valence-corrected chi connectivity index (χ2v) is 5.83. The van der Waals surface area contributed by atoms with Crippen molar-refractivity contribution in [2.24, 2.45) is 0 Å². The van der Waals surface area contributed by atoms with Gasteiger partial charge in [0.2, 0.25) is 0 Å². The lowest BCUT2D eigenvalue weighted by molar-refractivity contribution is 0.0690. The molecule has 0 radical (unpaired) electrons. The normalized spacial score (nSPS) is 10.7. The van der Waals surface area contributed by atoms with Gasteiger partial charge in [-0.2, -0.15) is 16.3 Å². The van der Waals surface area contributed by atoms with Gasteiger partial charge < -0.3 is 9.63 Å². The molecule has 0 atom stereocenters. The molecule has 0 saturated heterocycles. The Morgan fingerprint density at radius 3 is 3.10 bits per heavy atom. The summed E-state index contributed by atoms with van der Waals surface area (Å²) in [7, 11) is 0. The molecule has 0 unspecified atom stereocenters. The summed E-state index contributed by atoms with van der Waals surface area (Å²) in [4.78, 5) is 19.7. The van der Waals surface area contributed by atoms with Gasteiger partial charge in [-0.25, -0.2) is 9.78 Å². The Kier molecular flexibility index (Phi) is 3.98. The van der Waals surface area contributed by atoms with Crippen molar-refractivity contribution in [3.05, 3.63) is 46.7 Å². The van der Waals surface area contributed by atoms with E-state index in [0.717, 1.165) is 10.5 Å². The summed E-state index contributed by atoms with van der Waals surface area (Å²) in [6, 6.07) is 5.18. The Labute approximate surface area is 127 Å². The van der Waals surface area contributed by atoms with Crippen molar-refractivity contribution in [3.63, 3.8) is 0 Å². The van der Waals surface area contributed by atoms with Crippen LogP contribution >= 0.6 is 23.1 Å². The van der Waals surface area contributed by atoms with Gasteiger partial charge in [0.1, 0.15) is 5.69 Å². The van der Waals surface area contributed by atoms with E-state index in [2.05, 4.69) is 15.1 Å². The van der Waals surface area contributed by atoms with Crippen LogP contribution in [0.15, 0.2) is 44.6 Å². The number of aromatic nitrogens is 3. The fourth-order valence-electron chi connectivity index (χ4n) is 1.58. The largest absolute Gasteiger partial charge is 0.477 e. The number of aromatic carboxylic acids is 1. The van der Waals surface area contributed by atoms with E-state index in [-0.39, 0.29) is 5.69 Å². The molecule has 0 bridgehead atoms. The molecule has 3 heterocycles. The number of hydrogen-bond donors (Lipinski definition) is 1. The van der Waals surface area contributed by atoms with E-state index >= 15 is 0 Å². The molecular weight excluding hydrogens is 310 g/mol. The van der Waals surface area contributed by atoms with Crippen molar-refractivity contribution in [3.8, 4) is 11.5 Å². The van der Waals surface area contributed by atoms with E-state index in [1.807, 2.05) is 16.8 Å². The number of carboxylic acids is 1. The van der Waals surface area contributed by atoms with E-state index in [9.17, 15) is 4.79 Å². The molecule has 21 heavy (non-hydrogen) atoms. The first-order chi connectivity index (χ1) is 10.2. The van der Waals surface area contributed by atoms with Crippen molar-refractivity contribution >= 4 is 29.1 Å². The summed E-state index contributed by atoms with van der Waals surface area (Å²) in [6.07, 6.45) is 1.47. The van der Waals surface area contributed by atoms with Crippen molar-refractivity contribution in [2.75, 3.05) is 0 Å². The fourth-order valence-corrected chi connectivity index (χ4v) is 2.98. The maximum Gasteiger partial charge on any atom is 0.354 e. The summed E-state index contributed by atoms with van der Waals surface area (Å²) >= 11 is 2.99. The van der Waals surface area contributed by atoms with Crippen LogP contribution in [0, 0.1) is 0 Å². The second kappa shape index (κ2) is 6.06. The van der Waals surface area contributed by atoms with Crippen LogP contribution in [0.25, 0.3) is 11.5 Å². The highest BCUT2D eigenvalue weighted by molar-refractivity contribution is 7.98. The molecule has 8 heteroatoms. The first kappa shape index (κ1) is 13.8. The molecule has 0 spiro atoms. The quantitative estimate of drug-likeness (QED) is 0.722. The van der Waals surface area contributed by atoms with Gasteiger partial charge in [-0.15, -0.1) is 11.8 Å². The van der Waals surface area contributed by atoms with Gasteiger partial charge in [-0.05, 0) is 23.6 Å². The molecule has 1 N–H and O–H groups in total. The predicted octanol–water partition coefficient (Wildman–Crippen LogP) is 3.18. The van der Waals surface area contributed by atoms with Gasteiger partial charge in [0, 0.05) is 16.5 Å². The van der Waals surface area contributed by atoms with E-state index in [1.54, 1.807) is 17.4 Å². The predicted molar refractivity (Wildman–Crippen MR) is 78.4 cm³/mol. The van der Waals surface area contributed by atoms with Gasteiger partial charge in [0.05, 0.1) is 11.3 Å². The van der Waals surface area contributed by atoms with Gasteiger partial charge in [-0.1, -0.05) is 5.16 Å². The molecular formula is C13H9N3O3S2. The molecule has 0 amide bonds. The van der Waals surface area contributed by atoms with Crippen molar-refractivity contribution in [1.82, 2.24) is 15.1 Å². The number of rotatable bonds is 5. The number of thioether (sulfide) groups is 1. The number of hydrogen-bond acceptors (Lipinski definition) is 7. The monoisotopic (exact) mass is 319 g/mol. The third kappa shape index (κ3) is 3.29. The molecule has 106 valence electrons. The molecule has 0 fully saturated rings. The highest BCUT2D eigenvalue weighted by atomic mass is 32.2. The zero-order valence-corrected chi connectivity index (χ0v) is 12.2. The van der Waals surface area contributed by atoms with Gasteiger partial charge in [-0.3, -0.25) is 0 Å². The molecule has 0 aliphatic carbocycles. The average molecular weight is 319 g/mol. The van der Waals surface area contributed by atoms with Gasteiger partial charge in [0.25, 0.3) is 5.89 Å². The Morgan fingerprint density at radius 2 is 2.33 bits per heavy atom. The highest BCUT2D eigenvalue weighted by Crippen LogP contribution is 2.24. The van der Waals surface area contributed by atoms with Gasteiger partial charge in [0.15, 0.2) is 5.82 Å². The minimum atomic E-state index is -1.04. The molecule has 6 nitrogen and oxygen atoms in total. The van der Waals surface area contributed by atoms with Crippen LogP contribution in [-0.2, 0) is 5.75 Å². The summed E-state index contributed by atoms with van der Waals surface area (Å²) < 4.78 is 5.19. The average Bonchev–Trinajstić information content (AvgIpc) is 3.16. The van der Waals surface area contributed by atoms with Crippen LogP contribution in [0.2, 0.25) is 0 Å². The third-order valence-electron chi connectivity index (χ3n) is 2.55. The van der Waals surface area contributed by atoms with Crippen LogP contribution in [0.3, 0.4) is 0 Å². The number of thiophene rings is 1. The van der Waals surface area contributed by atoms with Crippen LogP contribution in [0.5, 0.6) is 0 Å². The highest BCUT2D eigenvalue weighted by Gasteiger charge is 2.10. The summed E-state index contributed by atoms with van der Waals surface area (Å²) in [5.41, 5.74) is 0.924. The smallest absolute Gasteiger partial charge is 0.354 e. The van der Waals surface area contributed by atoms with Crippen LogP contribution in [0.4, 0.5) is 0 Å². The fraction of sp³-hybridized carbons (Fsp3) is 0.0769. The number of carbonyl (C=O) groups is 1. The number of pyridine rings is 1. The SMILES string of the molecule is O=C(O)c1cc(SCc2noc(-c3ccsc3)n2)ccn1. The van der Waals surface area contributed by atoms with E-state index in [0.29, 0.717) is 17.5 Å². The van der Waals surface area contributed by atoms with E-state index in [4.69, 9.17) is 9.63 Å². The summed E-state index contributed by atoms with van der Waals surface area (Å²) in [6.45, 7) is 0. The summed E-state index contributed by atoms with van der Waals surface area (Å²) in [5.74, 6) is 0.510. The van der Waals surface area contributed by atoms with Crippen molar-refractivity contribution < 1.29 is 14.4 Å². The van der Waals surface area contributed by atoms with E-state index in [1.165, 1.54) is 24.0 Å². The molecule has 3 aromatic heterocycles. The first-order valence-corrected chi connectivity index (χ1v) is 7.82. The molecule has 3 aromatic rings. The van der Waals surface area contributed by atoms with Crippen molar-refractivity contribution in [1.29, 1.82) is 0 Å². The zero-order valence-electron chi connectivity index (χ0n) is 10.6. The summed E-state index contributed by atoms with van der Waals surface area (Å²) in [5, 5.41) is 16.7. The Morgan fingerprint density at radius 1 is 1.43 bits per heavy atom. The molecule has 0 aliphatic heterocycles. The lowest BCUT2D eigenvalue weighted by Crippen LogP contribution is -1.99. The number of carboxylic acid groups (broad SMARTS) is 1. The van der Waals surface area contributed by atoms with Crippen LogP contribution in [0.1, 0.15) is 16.3 Å². The first-order valence-electron chi connectivity index (χ1n) is 5.89. The standard InChI is InChI=1S/C13H9N3O3S2/c17-13(18)10-5-9(1-3-14-10)21-7-11-15-12(19-16-11)8-2-4-20-6-8/h1-6H,7H2,(H,17,18). The molecule has 0 aliphatic rings. The Balaban J connectivity index is 1.68. The second-order valence-electron chi connectivity index (χ2n) is 4.00. The van der Waals surface area contributed by atoms with Crippen LogP contribution in [-0.4, -0.2) is 26.2 Å². The molecule has 0 aromatic carbocycles. The van der Waals surface area contributed by atoms with Gasteiger partial charge >= 0.3 is 5.97 Å².